The summed E-state index contributed by atoms with van der Waals surface area (Å²) in [6.45, 7) is 4.18. The highest BCUT2D eigenvalue weighted by atomic mass is 16.5. The Morgan fingerprint density at radius 2 is 1.88 bits per heavy atom. The molecule has 2 aromatic rings. The fraction of sp³-hybridized carbons (Fsp3) is 0.296. The number of para-hydroxylation sites is 2. The van der Waals surface area contributed by atoms with E-state index in [2.05, 4.69) is 19.9 Å². The number of methoxy groups -OCH3 is 2. The van der Waals surface area contributed by atoms with Crippen LogP contribution in [0.3, 0.4) is 0 Å². The number of hydrogen-bond donors (Lipinski definition) is 1. The second kappa shape index (κ2) is 7.77. The molecule has 5 rings (SSSR count). The molecule has 2 aliphatic heterocycles. The third-order valence-electron chi connectivity index (χ3n) is 6.71. The van der Waals surface area contributed by atoms with Gasteiger partial charge in [-0.3, -0.25) is 9.69 Å². The molecule has 0 spiro atoms. The van der Waals surface area contributed by atoms with Crippen molar-refractivity contribution in [2.75, 3.05) is 19.1 Å². The van der Waals surface area contributed by atoms with Crippen molar-refractivity contribution < 1.29 is 14.3 Å². The average Bonchev–Trinajstić information content (AvgIpc) is 2.81. The highest BCUT2D eigenvalue weighted by Crippen LogP contribution is 2.54. The molecule has 34 heavy (non-hydrogen) atoms. The van der Waals surface area contributed by atoms with Crippen LogP contribution < -0.4 is 20.1 Å². The first-order chi connectivity index (χ1) is 16.3. The van der Waals surface area contributed by atoms with Gasteiger partial charge in [0.25, 0.3) is 0 Å². The molecule has 0 bridgehead atoms. The van der Waals surface area contributed by atoms with Gasteiger partial charge in [0, 0.05) is 28.8 Å². The summed E-state index contributed by atoms with van der Waals surface area (Å²) in [6.07, 6.45) is 1.05. The van der Waals surface area contributed by atoms with Gasteiger partial charge in [-0.2, -0.15) is 5.26 Å². The monoisotopic (exact) mass is 454 g/mol. The highest BCUT2D eigenvalue weighted by molar-refractivity contribution is 6.08. The molecule has 2 heterocycles. The number of rotatable bonds is 3. The maximum absolute atomic E-state index is 13.7. The predicted octanol–water partition coefficient (Wildman–Crippen LogP) is 4.40. The standard InChI is InChI=1S/C27H26N4O3/c1-27(2)12-19-23(20(32)13-27)22(16-9-7-11-21(33-3)24(16)34-4)17(14-28)26-30-25(29)15-8-5-6-10-18(15)31(19)26/h5-11,22H,12-13H2,1-4H3,(H2,29,30)/t22-/m0/s1. The van der Waals surface area contributed by atoms with Crippen LogP contribution >= 0.6 is 0 Å². The number of carbonyl (C=O) groups is 1. The summed E-state index contributed by atoms with van der Waals surface area (Å²) in [5, 5.41) is 10.4. The summed E-state index contributed by atoms with van der Waals surface area (Å²) in [7, 11) is 3.12. The van der Waals surface area contributed by atoms with Crippen LogP contribution in [-0.2, 0) is 4.79 Å². The number of anilines is 1. The van der Waals surface area contributed by atoms with Gasteiger partial charge in [0.1, 0.15) is 5.84 Å². The fourth-order valence-corrected chi connectivity index (χ4v) is 5.34. The minimum absolute atomic E-state index is 0.0212. The summed E-state index contributed by atoms with van der Waals surface area (Å²) in [4.78, 5) is 20.4. The summed E-state index contributed by atoms with van der Waals surface area (Å²) in [5.41, 5.74) is 10.2. The third-order valence-corrected chi connectivity index (χ3v) is 6.71. The number of Topliss-reactive ketones (excluding diaryl/α,β-unsaturated/α-hetero) is 1. The first-order valence-corrected chi connectivity index (χ1v) is 11.2. The van der Waals surface area contributed by atoms with Crippen LogP contribution in [0.1, 0.15) is 43.7 Å². The van der Waals surface area contributed by atoms with Gasteiger partial charge in [-0.25, -0.2) is 4.99 Å². The Morgan fingerprint density at radius 1 is 1.12 bits per heavy atom. The lowest BCUT2D eigenvalue weighted by Crippen LogP contribution is -2.42. The van der Waals surface area contributed by atoms with E-state index < -0.39 is 5.92 Å². The van der Waals surface area contributed by atoms with Crippen molar-refractivity contribution in [2.24, 2.45) is 16.1 Å². The zero-order valence-corrected chi connectivity index (χ0v) is 19.7. The normalized spacial score (nSPS) is 20.7. The lowest BCUT2D eigenvalue weighted by molar-refractivity contribution is -0.118. The molecule has 7 nitrogen and oxygen atoms in total. The largest absolute Gasteiger partial charge is 0.493 e. The number of nitrogens with two attached hydrogens (primary N) is 1. The van der Waals surface area contributed by atoms with E-state index in [1.54, 1.807) is 20.3 Å². The molecule has 1 aliphatic carbocycles. The summed E-state index contributed by atoms with van der Waals surface area (Å²) >= 11 is 0. The number of ketones is 1. The van der Waals surface area contributed by atoms with Gasteiger partial charge in [0.05, 0.1) is 37.5 Å². The molecular weight excluding hydrogens is 428 g/mol. The van der Waals surface area contributed by atoms with Gasteiger partial charge in [-0.1, -0.05) is 38.1 Å². The van der Waals surface area contributed by atoms with Gasteiger partial charge < -0.3 is 15.2 Å². The summed E-state index contributed by atoms with van der Waals surface area (Å²) in [5.74, 6) is 1.21. The molecule has 0 radical (unpaired) electrons. The van der Waals surface area contributed by atoms with Gasteiger partial charge in [-0.15, -0.1) is 0 Å². The van der Waals surface area contributed by atoms with E-state index in [0.717, 1.165) is 16.9 Å². The van der Waals surface area contributed by atoms with Crippen LogP contribution in [0.5, 0.6) is 11.5 Å². The Morgan fingerprint density at radius 3 is 2.59 bits per heavy atom. The highest BCUT2D eigenvalue weighted by Gasteiger charge is 2.47. The molecule has 0 fully saturated rings. The van der Waals surface area contributed by atoms with Crippen LogP contribution in [0.25, 0.3) is 0 Å². The number of aliphatic imine (C=N–C) groups is 1. The Hall–Kier alpha value is -4.05. The van der Waals surface area contributed by atoms with E-state index in [4.69, 9.17) is 20.2 Å². The number of allylic oxidation sites excluding steroid dienone is 3. The molecule has 1 atom stereocenters. The van der Waals surface area contributed by atoms with E-state index >= 15 is 0 Å². The number of fused-ring (bicyclic) bond motifs is 4. The number of ether oxygens (including phenoxy) is 2. The first-order valence-electron chi connectivity index (χ1n) is 11.2. The third kappa shape index (κ3) is 3.10. The molecule has 2 aromatic carbocycles. The Balaban J connectivity index is 1.87. The molecule has 0 saturated heterocycles. The number of benzene rings is 2. The van der Waals surface area contributed by atoms with Crippen molar-refractivity contribution >= 4 is 17.3 Å². The van der Waals surface area contributed by atoms with Crippen molar-refractivity contribution in [2.45, 2.75) is 32.6 Å². The Kier molecular flexibility index (Phi) is 4.98. The minimum Gasteiger partial charge on any atom is -0.493 e. The Bertz CT molecular complexity index is 1360. The van der Waals surface area contributed by atoms with E-state index in [9.17, 15) is 10.1 Å². The molecule has 3 aliphatic rings. The number of nitrogens with zero attached hydrogens (tertiary/aromatic N) is 3. The SMILES string of the molecule is COc1cccc([C@H]2C(C#N)=C3N=C(N)c4ccccc4N3C3=C2C(=O)CC(C)(C)C3)c1OC. The maximum atomic E-state index is 13.7. The molecule has 2 N–H and O–H groups in total. The molecular formula is C27H26N4O3. The van der Waals surface area contributed by atoms with Gasteiger partial charge >= 0.3 is 0 Å². The van der Waals surface area contributed by atoms with Crippen molar-refractivity contribution in [3.8, 4) is 17.6 Å². The molecule has 7 heteroatoms. The van der Waals surface area contributed by atoms with Gasteiger partial charge in [0.2, 0.25) is 0 Å². The van der Waals surface area contributed by atoms with Crippen LogP contribution in [0.4, 0.5) is 5.69 Å². The second-order valence-corrected chi connectivity index (χ2v) is 9.52. The van der Waals surface area contributed by atoms with Crippen LogP contribution in [0.15, 0.2) is 70.1 Å². The van der Waals surface area contributed by atoms with Gasteiger partial charge in [-0.05, 0) is 30.0 Å². The average molecular weight is 455 g/mol. The fourth-order valence-electron chi connectivity index (χ4n) is 5.34. The first kappa shape index (κ1) is 21.8. The minimum atomic E-state index is -0.637. The zero-order chi connectivity index (χ0) is 24.2. The number of carbonyl (C=O) groups excluding carboxylic acids is 1. The number of hydrogen-bond acceptors (Lipinski definition) is 7. The zero-order valence-electron chi connectivity index (χ0n) is 19.7. The van der Waals surface area contributed by atoms with E-state index in [0.29, 0.717) is 52.7 Å². The lowest BCUT2D eigenvalue weighted by Gasteiger charge is -2.45. The van der Waals surface area contributed by atoms with Crippen molar-refractivity contribution in [3.63, 3.8) is 0 Å². The quantitative estimate of drug-likeness (QED) is 0.737. The van der Waals surface area contributed by atoms with Crippen LogP contribution in [0, 0.1) is 16.7 Å². The van der Waals surface area contributed by atoms with Crippen molar-refractivity contribution in [1.82, 2.24) is 0 Å². The van der Waals surface area contributed by atoms with Crippen LogP contribution in [-0.4, -0.2) is 25.8 Å². The van der Waals surface area contributed by atoms with E-state index in [1.807, 2.05) is 41.3 Å². The number of amidine groups is 1. The maximum Gasteiger partial charge on any atom is 0.164 e. The topological polar surface area (TPSA) is 101 Å². The van der Waals surface area contributed by atoms with Crippen molar-refractivity contribution in [1.29, 1.82) is 5.26 Å². The van der Waals surface area contributed by atoms with E-state index in [1.165, 1.54) is 0 Å². The van der Waals surface area contributed by atoms with Crippen LogP contribution in [0.2, 0.25) is 0 Å². The van der Waals surface area contributed by atoms with Crippen molar-refractivity contribution in [3.05, 3.63) is 76.3 Å². The Labute approximate surface area is 198 Å². The smallest absolute Gasteiger partial charge is 0.164 e. The molecule has 0 aromatic heterocycles. The summed E-state index contributed by atoms with van der Waals surface area (Å²) < 4.78 is 11.2. The predicted molar refractivity (Wildman–Crippen MR) is 130 cm³/mol. The summed E-state index contributed by atoms with van der Waals surface area (Å²) in [6, 6.07) is 15.6. The molecule has 0 amide bonds. The molecule has 0 saturated carbocycles. The number of nitriles is 1. The van der Waals surface area contributed by atoms with E-state index in [-0.39, 0.29) is 11.2 Å². The lowest BCUT2D eigenvalue weighted by atomic mass is 9.68. The molecule has 172 valence electrons. The van der Waals surface area contributed by atoms with Gasteiger partial charge in [0.15, 0.2) is 23.1 Å². The molecule has 0 unspecified atom stereocenters. The second-order valence-electron chi connectivity index (χ2n) is 9.52.